The van der Waals surface area contributed by atoms with E-state index < -0.39 is 10.1 Å². The predicted octanol–water partition coefficient (Wildman–Crippen LogP) is 1.89. The fourth-order valence-corrected chi connectivity index (χ4v) is 2.15. The zero-order valence-electron chi connectivity index (χ0n) is 11.9. The van der Waals surface area contributed by atoms with Gasteiger partial charge in [0.1, 0.15) is 16.0 Å². The lowest BCUT2D eigenvalue weighted by molar-refractivity contribution is 0.0447. The van der Waals surface area contributed by atoms with Crippen molar-refractivity contribution in [3.63, 3.8) is 0 Å². The van der Waals surface area contributed by atoms with Crippen molar-refractivity contribution in [3.05, 3.63) is 22.2 Å². The van der Waals surface area contributed by atoms with Crippen LogP contribution >= 0.6 is 15.9 Å². The average Bonchev–Trinajstić information content (AvgIpc) is 2.42. The lowest BCUT2D eigenvalue weighted by atomic mass is 10.2. The van der Waals surface area contributed by atoms with Crippen molar-refractivity contribution in [1.82, 2.24) is 0 Å². The minimum Gasteiger partial charge on any atom is -0.466 e. The number of methoxy groups -OCH3 is 2. The monoisotopic (exact) mass is 384 g/mol. The largest absolute Gasteiger partial charge is 0.466 e. The Balaban J connectivity index is 3.00. The molecule has 0 atom stereocenters. The minimum absolute atomic E-state index is 0.0404. The van der Waals surface area contributed by atoms with Gasteiger partial charge in [-0.2, -0.15) is 8.42 Å². The maximum absolute atomic E-state index is 11.1. The van der Waals surface area contributed by atoms with Crippen molar-refractivity contribution in [2.75, 3.05) is 34.1 Å². The summed E-state index contributed by atoms with van der Waals surface area (Å²) in [6.07, 6.45) is 0.983. The second kappa shape index (κ2) is 8.54. The van der Waals surface area contributed by atoms with Crippen LogP contribution in [-0.4, -0.2) is 42.5 Å². The summed E-state index contributed by atoms with van der Waals surface area (Å²) in [7, 11) is -0.549. The Hall–Kier alpha value is -0.870. The van der Waals surface area contributed by atoms with Crippen molar-refractivity contribution >= 4 is 26.0 Å². The Bertz CT molecular complexity index is 530. The van der Waals surface area contributed by atoms with Crippen molar-refractivity contribution in [1.29, 1.82) is 0 Å². The molecule has 0 radical (unpaired) electrons. The zero-order valence-corrected chi connectivity index (χ0v) is 14.3. The van der Waals surface area contributed by atoms with Gasteiger partial charge in [0.15, 0.2) is 13.6 Å². The smallest absolute Gasteiger partial charge is 0.264 e. The first kappa shape index (κ1) is 18.2. The van der Waals surface area contributed by atoms with E-state index in [1.807, 2.05) is 0 Å². The molecule has 1 aromatic carbocycles. The van der Waals surface area contributed by atoms with E-state index in [0.717, 1.165) is 6.26 Å². The quantitative estimate of drug-likeness (QED) is 0.474. The van der Waals surface area contributed by atoms with Crippen LogP contribution in [0.4, 0.5) is 0 Å². The van der Waals surface area contributed by atoms with E-state index in [-0.39, 0.29) is 20.2 Å². The molecular formula is C12H17BrO7S. The Labute approximate surface area is 132 Å². The van der Waals surface area contributed by atoms with Gasteiger partial charge >= 0.3 is 0 Å². The molecule has 0 bridgehead atoms. The summed E-state index contributed by atoms with van der Waals surface area (Å²) >= 11 is 3.35. The number of benzene rings is 1. The van der Waals surface area contributed by atoms with Crippen LogP contribution in [0.25, 0.3) is 0 Å². The third kappa shape index (κ3) is 6.62. The summed E-state index contributed by atoms with van der Waals surface area (Å²) in [5, 5.41) is 0. The van der Waals surface area contributed by atoms with Gasteiger partial charge < -0.3 is 18.9 Å². The summed E-state index contributed by atoms with van der Waals surface area (Å²) in [5.41, 5.74) is 0.570. The van der Waals surface area contributed by atoms with Gasteiger partial charge in [-0.15, -0.1) is 0 Å². The molecule has 1 rings (SSSR count). The molecule has 21 heavy (non-hydrogen) atoms. The maximum Gasteiger partial charge on any atom is 0.264 e. The summed E-state index contributed by atoms with van der Waals surface area (Å²) in [5.74, 6) is 0.884. The second-order valence-electron chi connectivity index (χ2n) is 3.97. The van der Waals surface area contributed by atoms with Gasteiger partial charge in [0.05, 0.1) is 12.9 Å². The summed E-state index contributed by atoms with van der Waals surface area (Å²) < 4.78 is 47.9. The second-order valence-corrected chi connectivity index (χ2v) is 6.41. The number of hydrogen-bond acceptors (Lipinski definition) is 7. The van der Waals surface area contributed by atoms with Crippen LogP contribution in [-0.2, 0) is 30.4 Å². The van der Waals surface area contributed by atoms with Crippen LogP contribution in [0.2, 0.25) is 0 Å². The molecule has 0 saturated carbocycles. The maximum atomic E-state index is 11.1. The first-order valence-electron chi connectivity index (χ1n) is 5.77. The van der Waals surface area contributed by atoms with Gasteiger partial charge in [-0.25, -0.2) is 0 Å². The van der Waals surface area contributed by atoms with Gasteiger partial charge in [0, 0.05) is 14.2 Å². The topological polar surface area (TPSA) is 80.3 Å². The molecule has 0 saturated heterocycles. The Morgan fingerprint density at radius 3 is 1.90 bits per heavy atom. The third-order valence-corrected chi connectivity index (χ3v) is 3.50. The molecule has 1 aromatic rings. The van der Waals surface area contributed by atoms with Crippen molar-refractivity contribution < 1.29 is 31.5 Å². The average molecular weight is 385 g/mol. The van der Waals surface area contributed by atoms with Crippen LogP contribution in [0.3, 0.4) is 0 Å². The lowest BCUT2D eigenvalue weighted by Gasteiger charge is -2.14. The highest BCUT2D eigenvalue weighted by atomic mass is 79.9. The van der Waals surface area contributed by atoms with E-state index in [0.29, 0.717) is 21.5 Å². The van der Waals surface area contributed by atoms with Crippen molar-refractivity contribution in [2.45, 2.75) is 6.61 Å². The summed E-state index contributed by atoms with van der Waals surface area (Å²) in [6.45, 7) is -0.0454. The highest BCUT2D eigenvalue weighted by molar-refractivity contribution is 9.10. The van der Waals surface area contributed by atoms with Crippen molar-refractivity contribution in [2.24, 2.45) is 0 Å². The third-order valence-electron chi connectivity index (χ3n) is 2.17. The van der Waals surface area contributed by atoms with E-state index in [4.69, 9.17) is 23.1 Å². The highest BCUT2D eigenvalue weighted by Gasteiger charge is 2.13. The Kier molecular flexibility index (Phi) is 7.40. The Morgan fingerprint density at radius 1 is 1.05 bits per heavy atom. The van der Waals surface area contributed by atoms with Gasteiger partial charge in [0.2, 0.25) is 0 Å². The minimum atomic E-state index is -3.53. The number of ether oxygens (including phenoxy) is 4. The molecule has 0 unspecified atom stereocenters. The van der Waals surface area contributed by atoms with E-state index in [1.165, 1.54) is 14.2 Å². The fraction of sp³-hybridized carbons (Fsp3) is 0.500. The number of hydrogen-bond donors (Lipinski definition) is 0. The van der Waals surface area contributed by atoms with Crippen molar-refractivity contribution in [3.8, 4) is 11.5 Å². The highest BCUT2D eigenvalue weighted by Crippen LogP contribution is 2.36. The van der Waals surface area contributed by atoms with Gasteiger partial charge in [-0.3, -0.25) is 4.18 Å². The van der Waals surface area contributed by atoms with Gasteiger partial charge in [-0.05, 0) is 33.6 Å². The first-order chi connectivity index (χ1) is 9.87. The number of rotatable bonds is 9. The molecule has 120 valence electrons. The lowest BCUT2D eigenvalue weighted by Crippen LogP contribution is -2.06. The van der Waals surface area contributed by atoms with Gasteiger partial charge in [-0.1, -0.05) is 0 Å². The van der Waals surface area contributed by atoms with Crippen LogP contribution in [0, 0.1) is 0 Å². The van der Waals surface area contributed by atoms with E-state index in [2.05, 4.69) is 15.9 Å². The summed E-state index contributed by atoms with van der Waals surface area (Å²) in [4.78, 5) is 0. The molecule has 0 fully saturated rings. The van der Waals surface area contributed by atoms with Gasteiger partial charge in [0.25, 0.3) is 10.1 Å². The molecular weight excluding hydrogens is 368 g/mol. The SMILES string of the molecule is COCOc1cc(COS(C)(=O)=O)cc(OCOC)c1Br. The molecule has 0 heterocycles. The fourth-order valence-electron chi connectivity index (χ4n) is 1.34. The molecule has 0 spiro atoms. The molecule has 0 N–H and O–H groups in total. The first-order valence-corrected chi connectivity index (χ1v) is 8.38. The predicted molar refractivity (Wildman–Crippen MR) is 78.8 cm³/mol. The molecule has 7 nitrogen and oxygen atoms in total. The molecule has 0 aromatic heterocycles. The molecule has 0 aliphatic heterocycles. The Morgan fingerprint density at radius 2 is 1.52 bits per heavy atom. The molecule has 0 aliphatic rings. The summed E-state index contributed by atoms with van der Waals surface area (Å²) in [6, 6.07) is 3.27. The number of halogens is 1. The standard InChI is InChI=1S/C12H17BrO7S/c1-16-7-18-10-4-9(6-20-21(3,14)15)5-11(12(10)13)19-8-17-2/h4-5H,6-8H2,1-3H3. The molecule has 0 aliphatic carbocycles. The normalized spacial score (nSPS) is 11.4. The van der Waals surface area contributed by atoms with Crippen LogP contribution in [0.1, 0.15) is 5.56 Å². The van der Waals surface area contributed by atoms with E-state index >= 15 is 0 Å². The molecule has 9 heteroatoms. The van der Waals surface area contributed by atoms with E-state index in [1.54, 1.807) is 12.1 Å². The van der Waals surface area contributed by atoms with E-state index in [9.17, 15) is 8.42 Å². The zero-order chi connectivity index (χ0) is 15.9. The van der Waals surface area contributed by atoms with Crippen LogP contribution < -0.4 is 9.47 Å². The van der Waals surface area contributed by atoms with Crippen LogP contribution in [0.15, 0.2) is 16.6 Å². The van der Waals surface area contributed by atoms with Crippen LogP contribution in [0.5, 0.6) is 11.5 Å². The molecule has 0 amide bonds.